The van der Waals surface area contributed by atoms with E-state index in [-0.39, 0.29) is 24.8 Å². The lowest BCUT2D eigenvalue weighted by Gasteiger charge is -2.22. The number of rotatable bonds is 8. The number of carbonyl (C=O) groups is 3. The van der Waals surface area contributed by atoms with Crippen molar-refractivity contribution in [3.8, 4) is 0 Å². The first-order valence-corrected chi connectivity index (χ1v) is 7.52. The molecule has 0 saturated heterocycles. The van der Waals surface area contributed by atoms with Crippen LogP contribution in [0, 0.1) is 5.41 Å². The van der Waals surface area contributed by atoms with Gasteiger partial charge in [-0.2, -0.15) is 0 Å². The summed E-state index contributed by atoms with van der Waals surface area (Å²) in [5, 5.41) is 11.6. The first-order valence-electron chi connectivity index (χ1n) is 7.52. The number of nitrogens with one attached hydrogen (secondary N) is 1. The lowest BCUT2D eigenvalue weighted by atomic mass is 9.94. The molecule has 0 heterocycles. The van der Waals surface area contributed by atoms with Crippen LogP contribution in [-0.4, -0.2) is 40.9 Å². The summed E-state index contributed by atoms with van der Waals surface area (Å²) in [6, 6.07) is 9.54. The molecule has 0 fully saturated rings. The van der Waals surface area contributed by atoms with Crippen molar-refractivity contribution in [1.29, 1.82) is 0 Å². The van der Waals surface area contributed by atoms with E-state index in [1.807, 2.05) is 30.3 Å². The second-order valence-electron chi connectivity index (χ2n) is 6.14. The highest BCUT2D eigenvalue weighted by Crippen LogP contribution is 2.13. The third kappa shape index (κ3) is 6.50. The highest BCUT2D eigenvalue weighted by atomic mass is 16.4. The van der Waals surface area contributed by atoms with Crippen molar-refractivity contribution < 1.29 is 19.5 Å². The fourth-order valence-electron chi connectivity index (χ4n) is 1.87. The molecule has 0 aromatic heterocycles. The average Bonchev–Trinajstić information content (AvgIpc) is 2.50. The minimum Gasteiger partial charge on any atom is -0.481 e. The summed E-state index contributed by atoms with van der Waals surface area (Å²) in [6.45, 7) is 5.36. The van der Waals surface area contributed by atoms with Gasteiger partial charge in [0.25, 0.3) is 0 Å². The monoisotopic (exact) mass is 320 g/mol. The maximum atomic E-state index is 11.8. The van der Waals surface area contributed by atoms with Crippen molar-refractivity contribution in [3.05, 3.63) is 35.9 Å². The van der Waals surface area contributed by atoms with Gasteiger partial charge in [-0.25, -0.2) is 0 Å². The minimum atomic E-state index is -1.01. The van der Waals surface area contributed by atoms with Crippen LogP contribution in [0.2, 0.25) is 0 Å². The standard InChI is InChI=1S/C17H24N2O4/c1-13(20)19(11-14-7-5-4-6-8-14)10-9-15(21)18-12-17(2,3)16(22)23/h4-8H,9-12H2,1-3H3,(H,18,21)(H,22,23). The van der Waals surface area contributed by atoms with E-state index in [1.165, 1.54) is 6.92 Å². The zero-order chi connectivity index (χ0) is 17.5. The number of carbonyl (C=O) groups excluding carboxylic acids is 2. The van der Waals surface area contributed by atoms with Crippen LogP contribution in [0.15, 0.2) is 30.3 Å². The van der Waals surface area contributed by atoms with Crippen molar-refractivity contribution in [2.75, 3.05) is 13.1 Å². The van der Waals surface area contributed by atoms with Crippen LogP contribution in [0.25, 0.3) is 0 Å². The fourth-order valence-corrected chi connectivity index (χ4v) is 1.87. The van der Waals surface area contributed by atoms with Gasteiger partial charge >= 0.3 is 5.97 Å². The number of amides is 2. The number of hydrogen-bond acceptors (Lipinski definition) is 3. The Balaban J connectivity index is 2.48. The molecule has 0 aliphatic heterocycles. The van der Waals surface area contributed by atoms with Gasteiger partial charge in [0, 0.05) is 33.0 Å². The van der Waals surface area contributed by atoms with Gasteiger partial charge in [-0.05, 0) is 19.4 Å². The number of benzene rings is 1. The Hall–Kier alpha value is -2.37. The van der Waals surface area contributed by atoms with Crippen molar-refractivity contribution in [2.24, 2.45) is 5.41 Å². The summed E-state index contributed by atoms with van der Waals surface area (Å²) in [6.07, 6.45) is 0.141. The zero-order valence-corrected chi connectivity index (χ0v) is 13.8. The van der Waals surface area contributed by atoms with E-state index >= 15 is 0 Å². The van der Waals surface area contributed by atoms with Crippen molar-refractivity contribution in [1.82, 2.24) is 10.2 Å². The van der Waals surface area contributed by atoms with E-state index in [0.29, 0.717) is 13.1 Å². The molecule has 0 atom stereocenters. The van der Waals surface area contributed by atoms with Crippen LogP contribution >= 0.6 is 0 Å². The molecule has 6 heteroatoms. The largest absolute Gasteiger partial charge is 0.481 e. The molecule has 0 spiro atoms. The Morgan fingerprint density at radius 2 is 1.78 bits per heavy atom. The van der Waals surface area contributed by atoms with Gasteiger partial charge in [0.15, 0.2) is 0 Å². The van der Waals surface area contributed by atoms with Gasteiger partial charge in [-0.1, -0.05) is 30.3 Å². The molecule has 2 amide bonds. The number of carboxylic acids is 1. The van der Waals surface area contributed by atoms with Crippen LogP contribution in [0.4, 0.5) is 0 Å². The second kappa shape index (κ2) is 8.31. The third-order valence-corrected chi connectivity index (χ3v) is 3.58. The SMILES string of the molecule is CC(=O)N(CCC(=O)NCC(C)(C)C(=O)O)Cc1ccccc1. The van der Waals surface area contributed by atoms with Crippen LogP contribution in [0.1, 0.15) is 32.8 Å². The Labute approximate surface area is 136 Å². The van der Waals surface area contributed by atoms with Crippen LogP contribution in [-0.2, 0) is 20.9 Å². The lowest BCUT2D eigenvalue weighted by molar-refractivity contribution is -0.146. The van der Waals surface area contributed by atoms with Gasteiger partial charge in [0.1, 0.15) is 0 Å². The summed E-state index contributed by atoms with van der Waals surface area (Å²) in [4.78, 5) is 36.1. The highest BCUT2D eigenvalue weighted by molar-refractivity contribution is 5.79. The van der Waals surface area contributed by atoms with E-state index in [1.54, 1.807) is 18.7 Å². The Bertz CT molecular complexity index is 555. The lowest BCUT2D eigenvalue weighted by Crippen LogP contribution is -2.40. The number of carboxylic acid groups (broad SMARTS) is 1. The van der Waals surface area contributed by atoms with Gasteiger partial charge in [-0.15, -0.1) is 0 Å². The maximum Gasteiger partial charge on any atom is 0.310 e. The summed E-state index contributed by atoms with van der Waals surface area (Å²) in [5.74, 6) is -1.33. The Morgan fingerprint density at radius 1 is 1.17 bits per heavy atom. The summed E-state index contributed by atoms with van der Waals surface area (Å²) in [5.41, 5.74) is -0.0184. The van der Waals surface area contributed by atoms with Gasteiger partial charge < -0.3 is 15.3 Å². The topological polar surface area (TPSA) is 86.7 Å². The van der Waals surface area contributed by atoms with Crippen LogP contribution in [0.5, 0.6) is 0 Å². The molecule has 6 nitrogen and oxygen atoms in total. The molecule has 23 heavy (non-hydrogen) atoms. The van der Waals surface area contributed by atoms with E-state index in [2.05, 4.69) is 5.32 Å². The molecule has 0 saturated carbocycles. The van der Waals surface area contributed by atoms with Gasteiger partial charge in [0.2, 0.25) is 11.8 Å². The molecule has 0 bridgehead atoms. The molecule has 1 aromatic rings. The first kappa shape index (κ1) is 18.7. The molecule has 126 valence electrons. The second-order valence-corrected chi connectivity index (χ2v) is 6.14. The normalized spacial score (nSPS) is 10.9. The fraction of sp³-hybridized carbons (Fsp3) is 0.471. The zero-order valence-electron chi connectivity index (χ0n) is 13.8. The van der Waals surface area contributed by atoms with Crippen LogP contribution in [0.3, 0.4) is 0 Å². The molecule has 0 aliphatic carbocycles. The molecular weight excluding hydrogens is 296 g/mol. The predicted octanol–water partition coefficient (Wildman–Crippen LogP) is 1.65. The van der Waals surface area contributed by atoms with Crippen molar-refractivity contribution in [2.45, 2.75) is 33.7 Å². The van der Waals surface area contributed by atoms with E-state index < -0.39 is 11.4 Å². The van der Waals surface area contributed by atoms with Gasteiger partial charge in [0.05, 0.1) is 5.41 Å². The van der Waals surface area contributed by atoms with E-state index in [4.69, 9.17) is 5.11 Å². The first-order chi connectivity index (χ1) is 10.7. The molecule has 1 aromatic carbocycles. The molecule has 0 aliphatic rings. The maximum absolute atomic E-state index is 11.8. The number of aliphatic carboxylic acids is 1. The number of nitrogens with zero attached hydrogens (tertiary/aromatic N) is 1. The summed E-state index contributed by atoms with van der Waals surface area (Å²) < 4.78 is 0. The molecule has 0 unspecified atom stereocenters. The third-order valence-electron chi connectivity index (χ3n) is 3.58. The highest BCUT2D eigenvalue weighted by Gasteiger charge is 2.27. The van der Waals surface area contributed by atoms with E-state index in [0.717, 1.165) is 5.56 Å². The molecular formula is C17H24N2O4. The molecule has 0 radical (unpaired) electrons. The predicted molar refractivity (Wildman–Crippen MR) is 86.6 cm³/mol. The summed E-state index contributed by atoms with van der Waals surface area (Å²) >= 11 is 0. The van der Waals surface area contributed by atoms with Gasteiger partial charge in [-0.3, -0.25) is 14.4 Å². The Kier molecular flexibility index (Phi) is 6.75. The number of hydrogen-bond donors (Lipinski definition) is 2. The Morgan fingerprint density at radius 3 is 2.30 bits per heavy atom. The quantitative estimate of drug-likeness (QED) is 0.762. The smallest absolute Gasteiger partial charge is 0.310 e. The van der Waals surface area contributed by atoms with Crippen molar-refractivity contribution in [3.63, 3.8) is 0 Å². The van der Waals surface area contributed by atoms with Crippen molar-refractivity contribution >= 4 is 17.8 Å². The molecule has 1 rings (SSSR count). The minimum absolute atomic E-state index is 0.0555. The summed E-state index contributed by atoms with van der Waals surface area (Å²) in [7, 11) is 0. The molecule has 2 N–H and O–H groups in total. The van der Waals surface area contributed by atoms with E-state index in [9.17, 15) is 14.4 Å². The van der Waals surface area contributed by atoms with Crippen LogP contribution < -0.4 is 5.32 Å². The average molecular weight is 320 g/mol.